The van der Waals surface area contributed by atoms with E-state index in [4.69, 9.17) is 0 Å². The Morgan fingerprint density at radius 3 is 2.32 bits per heavy atom. The van der Waals surface area contributed by atoms with E-state index in [2.05, 4.69) is 10.3 Å². The van der Waals surface area contributed by atoms with Crippen molar-refractivity contribution in [1.82, 2.24) is 15.2 Å². The van der Waals surface area contributed by atoms with Crippen molar-refractivity contribution in [3.8, 4) is 10.4 Å². The number of benzene rings is 1. The Kier molecular flexibility index (Phi) is 7.07. The van der Waals surface area contributed by atoms with E-state index in [0.29, 0.717) is 31.5 Å². The van der Waals surface area contributed by atoms with Gasteiger partial charge in [0.2, 0.25) is 0 Å². The Hall–Kier alpha value is -2.71. The summed E-state index contributed by atoms with van der Waals surface area (Å²) < 4.78 is 80.3. The van der Waals surface area contributed by atoms with Crippen LogP contribution in [0, 0.1) is 6.92 Å². The molecule has 14 heteroatoms. The van der Waals surface area contributed by atoms with E-state index in [1.54, 1.807) is 4.90 Å². The van der Waals surface area contributed by atoms with E-state index in [0.717, 1.165) is 30.2 Å². The summed E-state index contributed by atoms with van der Waals surface area (Å²) >= 11 is 0.759. The molecule has 2 aliphatic rings. The minimum atomic E-state index is -6.05. The average molecular weight is 566 g/mol. The molecule has 2 aromatic rings. The molecule has 1 atom stereocenters. The maximum Gasteiger partial charge on any atom is 0.430 e. The number of thiazole rings is 1. The first-order valence-corrected chi connectivity index (χ1v) is 12.6. The highest BCUT2D eigenvalue weighted by Crippen LogP contribution is 2.50. The number of hydrogen-bond donors (Lipinski definition) is 3. The first-order valence-electron chi connectivity index (χ1n) is 11.8. The van der Waals surface area contributed by atoms with Crippen molar-refractivity contribution in [2.24, 2.45) is 0 Å². The lowest BCUT2D eigenvalue weighted by molar-refractivity contribution is -0.376. The molecule has 0 radical (unpaired) electrons. The Morgan fingerprint density at radius 2 is 1.82 bits per heavy atom. The molecule has 7 nitrogen and oxygen atoms in total. The van der Waals surface area contributed by atoms with Crippen molar-refractivity contribution in [3.63, 3.8) is 0 Å². The van der Waals surface area contributed by atoms with Crippen molar-refractivity contribution in [3.05, 3.63) is 40.0 Å². The molecule has 1 aliphatic heterocycles. The molecule has 0 bridgehead atoms. The highest BCUT2D eigenvalue weighted by atomic mass is 32.1. The van der Waals surface area contributed by atoms with Gasteiger partial charge in [0.1, 0.15) is 5.69 Å². The van der Waals surface area contributed by atoms with Gasteiger partial charge < -0.3 is 20.4 Å². The molecule has 1 saturated carbocycles. The van der Waals surface area contributed by atoms with Crippen LogP contribution in [0.3, 0.4) is 0 Å². The first-order chi connectivity index (χ1) is 17.5. The van der Waals surface area contributed by atoms with Crippen LogP contribution >= 0.6 is 11.3 Å². The summed E-state index contributed by atoms with van der Waals surface area (Å²) in [5.74, 6) is -1.20. The van der Waals surface area contributed by atoms with Gasteiger partial charge in [-0.2, -0.15) is 26.3 Å². The van der Waals surface area contributed by atoms with Crippen LogP contribution in [0.2, 0.25) is 0 Å². The van der Waals surface area contributed by atoms with Crippen LogP contribution in [0.4, 0.5) is 26.3 Å². The normalized spacial score (nSPS) is 19.5. The van der Waals surface area contributed by atoms with Crippen LogP contribution in [0.1, 0.15) is 64.0 Å². The second-order valence-electron chi connectivity index (χ2n) is 9.83. The topological polar surface area (TPSA) is 103 Å². The Labute approximate surface area is 217 Å². The van der Waals surface area contributed by atoms with Crippen LogP contribution < -0.4 is 5.32 Å². The summed E-state index contributed by atoms with van der Waals surface area (Å²) in [5.41, 5.74) is -7.69. The van der Waals surface area contributed by atoms with E-state index in [-0.39, 0.29) is 39.3 Å². The third-order valence-electron chi connectivity index (χ3n) is 6.95. The number of hydrogen-bond acceptors (Lipinski definition) is 6. The van der Waals surface area contributed by atoms with Crippen LogP contribution in [-0.2, 0) is 5.60 Å². The average Bonchev–Trinajstić information content (AvgIpc) is 3.18. The largest absolute Gasteiger partial charge is 0.430 e. The molecule has 3 N–H and O–H groups in total. The van der Waals surface area contributed by atoms with Gasteiger partial charge in [0.15, 0.2) is 5.01 Å². The molecule has 2 amide bonds. The summed E-state index contributed by atoms with van der Waals surface area (Å²) in [7, 11) is 0. The Balaban J connectivity index is 1.77. The number of aliphatic hydroxyl groups is 2. The lowest BCUT2D eigenvalue weighted by Crippen LogP contribution is -2.53. The van der Waals surface area contributed by atoms with Crippen LogP contribution in [0.15, 0.2) is 18.2 Å². The molecule has 0 unspecified atom stereocenters. The molecule has 4 rings (SSSR count). The van der Waals surface area contributed by atoms with Gasteiger partial charge in [-0.1, -0.05) is 18.2 Å². The molecule has 208 valence electrons. The van der Waals surface area contributed by atoms with E-state index >= 15 is 0 Å². The summed E-state index contributed by atoms with van der Waals surface area (Å²) in [5, 5.41) is 22.2. The van der Waals surface area contributed by atoms with E-state index < -0.39 is 40.9 Å². The van der Waals surface area contributed by atoms with E-state index in [9.17, 15) is 46.1 Å². The molecular formula is C24H25F6N3O4S. The Bertz CT molecular complexity index is 1240. The summed E-state index contributed by atoms with van der Waals surface area (Å²) in [6, 6.07) is 1.87. The van der Waals surface area contributed by atoms with Crippen molar-refractivity contribution < 1.29 is 46.1 Å². The number of carbonyl (C=O) groups is 2. The molecule has 2 heterocycles. The summed E-state index contributed by atoms with van der Waals surface area (Å²) in [6.45, 7) is 3.46. The molecule has 1 aromatic carbocycles. The number of aryl methyl sites for hydroxylation is 1. The SMILES string of the molecule is Cc1cc(C(O)(C(F)(F)F)C(F)(F)F)ccc1-c1sc(C(=O)NCC2(O)CC2)nc1C(=O)N1CCC[C@@H]1C. The highest BCUT2D eigenvalue weighted by molar-refractivity contribution is 7.17. The lowest BCUT2D eigenvalue weighted by atomic mass is 9.89. The van der Waals surface area contributed by atoms with Crippen molar-refractivity contribution in [1.29, 1.82) is 0 Å². The smallest absolute Gasteiger partial charge is 0.388 e. The van der Waals surface area contributed by atoms with Gasteiger partial charge in [0, 0.05) is 24.7 Å². The highest BCUT2D eigenvalue weighted by Gasteiger charge is 2.71. The van der Waals surface area contributed by atoms with Crippen LogP contribution in [0.25, 0.3) is 10.4 Å². The number of likely N-dealkylation sites (tertiary alicyclic amines) is 1. The van der Waals surface area contributed by atoms with Gasteiger partial charge in [-0.3, -0.25) is 9.59 Å². The van der Waals surface area contributed by atoms with Gasteiger partial charge >= 0.3 is 12.4 Å². The molecule has 2 fully saturated rings. The third-order valence-corrected chi connectivity index (χ3v) is 8.04. The molecular weight excluding hydrogens is 540 g/mol. The number of aromatic nitrogens is 1. The molecule has 38 heavy (non-hydrogen) atoms. The zero-order chi connectivity index (χ0) is 28.3. The van der Waals surface area contributed by atoms with Gasteiger partial charge in [-0.25, -0.2) is 4.98 Å². The number of amides is 2. The fourth-order valence-corrected chi connectivity index (χ4v) is 5.45. The molecule has 1 saturated heterocycles. The number of nitrogens with one attached hydrogen (secondary N) is 1. The zero-order valence-corrected chi connectivity index (χ0v) is 21.1. The fraction of sp³-hybridized carbons (Fsp3) is 0.542. The zero-order valence-electron chi connectivity index (χ0n) is 20.3. The number of rotatable bonds is 6. The molecule has 1 aromatic heterocycles. The number of carbonyl (C=O) groups excluding carboxylic acids is 2. The predicted octanol–water partition coefficient (Wildman–Crippen LogP) is 4.31. The summed E-state index contributed by atoms with van der Waals surface area (Å²) in [4.78, 5) is 31.9. The second-order valence-corrected chi connectivity index (χ2v) is 10.8. The first kappa shape index (κ1) is 28.3. The van der Waals surface area contributed by atoms with Gasteiger partial charge in [0.25, 0.3) is 17.4 Å². The van der Waals surface area contributed by atoms with E-state index in [1.165, 1.54) is 6.92 Å². The third kappa shape index (κ3) is 5.00. The van der Waals surface area contributed by atoms with Crippen LogP contribution in [0.5, 0.6) is 0 Å². The Morgan fingerprint density at radius 1 is 1.18 bits per heavy atom. The van der Waals surface area contributed by atoms with Gasteiger partial charge in [-0.15, -0.1) is 11.3 Å². The second kappa shape index (κ2) is 9.49. The molecule has 1 aliphatic carbocycles. The lowest BCUT2D eigenvalue weighted by Gasteiger charge is -2.33. The monoisotopic (exact) mass is 565 g/mol. The number of alkyl halides is 6. The minimum Gasteiger partial charge on any atom is -0.388 e. The van der Waals surface area contributed by atoms with Crippen LogP contribution in [-0.4, -0.2) is 69.0 Å². The maximum atomic E-state index is 13.4. The van der Waals surface area contributed by atoms with E-state index in [1.807, 2.05) is 6.92 Å². The maximum absolute atomic E-state index is 13.4. The number of nitrogens with zero attached hydrogens (tertiary/aromatic N) is 2. The van der Waals surface area contributed by atoms with Gasteiger partial charge in [-0.05, 0) is 50.7 Å². The van der Waals surface area contributed by atoms with Gasteiger partial charge in [0.05, 0.1) is 10.5 Å². The number of halogens is 6. The predicted molar refractivity (Wildman–Crippen MR) is 125 cm³/mol. The van der Waals surface area contributed by atoms with Crippen molar-refractivity contribution in [2.45, 2.75) is 69.1 Å². The van der Waals surface area contributed by atoms with Crippen molar-refractivity contribution in [2.75, 3.05) is 13.1 Å². The van der Waals surface area contributed by atoms with Crippen molar-refractivity contribution >= 4 is 23.2 Å². The summed E-state index contributed by atoms with van der Waals surface area (Å²) in [6.07, 6.45) is -9.60. The minimum absolute atomic E-state index is 0.0334. The molecule has 0 spiro atoms. The fourth-order valence-electron chi connectivity index (χ4n) is 4.39. The quantitative estimate of drug-likeness (QED) is 0.453. The standard InChI is InChI=1S/C24H25F6N3O4S/c1-12-10-14(22(37,23(25,26)27)24(28,29)30)5-6-15(12)17-16(20(35)33-9-3-4-13(33)2)32-19(38-17)18(34)31-11-21(36)7-8-21/h5-6,10,13,36-37H,3-4,7-9,11H2,1-2H3,(H,31,34)/t13-/m0/s1.